The van der Waals surface area contributed by atoms with E-state index in [1.54, 1.807) is 17.9 Å². The van der Waals surface area contributed by atoms with Crippen molar-refractivity contribution in [2.24, 2.45) is 5.92 Å². The molecule has 2 amide bonds. The quantitative estimate of drug-likeness (QED) is 0.880. The fraction of sp³-hybridized carbons (Fsp3) is 0.562. The number of aryl methyl sites for hydroxylation is 1. The van der Waals surface area contributed by atoms with Gasteiger partial charge in [0.2, 0.25) is 0 Å². The highest BCUT2D eigenvalue weighted by molar-refractivity contribution is 5.89. The van der Waals surface area contributed by atoms with Crippen LogP contribution in [0.15, 0.2) is 18.2 Å². The van der Waals surface area contributed by atoms with Crippen LogP contribution in [0, 0.1) is 12.8 Å². The number of nitrogens with zero attached hydrogens (tertiary/aromatic N) is 1. The SMILES string of the molecule is Cc1cc(NC(=O)N2CCC(CO)CC2)ccc1OCC(F)(F)F. The van der Waals surface area contributed by atoms with Crippen LogP contribution >= 0.6 is 0 Å². The van der Waals surface area contributed by atoms with Crippen LogP contribution in [0.5, 0.6) is 5.75 Å². The maximum absolute atomic E-state index is 12.2. The summed E-state index contributed by atoms with van der Waals surface area (Å²) in [6, 6.07) is 4.24. The summed E-state index contributed by atoms with van der Waals surface area (Å²) in [5.41, 5.74) is 1.01. The molecular weight excluding hydrogens is 325 g/mol. The third-order valence-electron chi connectivity index (χ3n) is 3.98. The van der Waals surface area contributed by atoms with E-state index in [4.69, 9.17) is 9.84 Å². The number of halogens is 3. The maximum atomic E-state index is 12.2. The van der Waals surface area contributed by atoms with Gasteiger partial charge in [0.15, 0.2) is 6.61 Å². The van der Waals surface area contributed by atoms with Crippen molar-refractivity contribution < 1.29 is 27.8 Å². The molecule has 0 bridgehead atoms. The smallest absolute Gasteiger partial charge is 0.422 e. The third-order valence-corrected chi connectivity index (χ3v) is 3.98. The summed E-state index contributed by atoms with van der Waals surface area (Å²) < 4.78 is 41.3. The van der Waals surface area contributed by atoms with Crippen LogP contribution in [0.4, 0.5) is 23.7 Å². The average Bonchev–Trinajstić information content (AvgIpc) is 2.53. The summed E-state index contributed by atoms with van der Waals surface area (Å²) in [5, 5.41) is 11.8. The Hall–Kier alpha value is -1.96. The van der Waals surface area contributed by atoms with Gasteiger partial charge >= 0.3 is 12.2 Å². The third kappa shape index (κ3) is 5.30. The first-order valence-electron chi connectivity index (χ1n) is 7.75. The van der Waals surface area contributed by atoms with Crippen molar-refractivity contribution in [1.82, 2.24) is 4.90 Å². The Morgan fingerprint density at radius 3 is 2.58 bits per heavy atom. The predicted octanol–water partition coefficient (Wildman–Crippen LogP) is 3.17. The van der Waals surface area contributed by atoms with E-state index in [0.29, 0.717) is 24.3 Å². The topological polar surface area (TPSA) is 61.8 Å². The first kappa shape index (κ1) is 18.4. The molecule has 24 heavy (non-hydrogen) atoms. The number of likely N-dealkylation sites (tertiary alicyclic amines) is 1. The molecule has 0 radical (unpaired) electrons. The summed E-state index contributed by atoms with van der Waals surface area (Å²) in [5.74, 6) is 0.371. The highest BCUT2D eigenvalue weighted by Crippen LogP contribution is 2.25. The van der Waals surface area contributed by atoms with Gasteiger partial charge in [0.25, 0.3) is 0 Å². The number of amides is 2. The van der Waals surface area contributed by atoms with Crippen molar-refractivity contribution >= 4 is 11.7 Å². The summed E-state index contributed by atoms with van der Waals surface area (Å²) in [6.45, 7) is 1.55. The van der Waals surface area contributed by atoms with Crippen molar-refractivity contribution in [3.8, 4) is 5.75 Å². The van der Waals surface area contributed by atoms with E-state index in [1.165, 1.54) is 12.1 Å². The van der Waals surface area contributed by atoms with Gasteiger partial charge in [0, 0.05) is 25.4 Å². The monoisotopic (exact) mass is 346 g/mol. The zero-order chi connectivity index (χ0) is 17.7. The van der Waals surface area contributed by atoms with Gasteiger partial charge < -0.3 is 20.1 Å². The molecule has 1 fully saturated rings. The number of hydrogen-bond donors (Lipinski definition) is 2. The van der Waals surface area contributed by atoms with Gasteiger partial charge in [-0.15, -0.1) is 0 Å². The standard InChI is InChI=1S/C16H21F3N2O3/c1-11-8-13(2-3-14(11)24-10-16(17,18)19)20-15(23)21-6-4-12(9-22)5-7-21/h2-3,8,12,22H,4-7,9-10H2,1H3,(H,20,23). The van der Waals surface area contributed by atoms with Crippen molar-refractivity contribution in [2.75, 3.05) is 31.6 Å². The molecule has 0 unspecified atom stereocenters. The Balaban J connectivity index is 1.91. The second-order valence-electron chi connectivity index (χ2n) is 5.93. The molecule has 1 heterocycles. The van der Waals surface area contributed by atoms with Gasteiger partial charge in [-0.3, -0.25) is 0 Å². The van der Waals surface area contributed by atoms with Gasteiger partial charge in [0.05, 0.1) is 0 Å². The Bertz CT molecular complexity index is 570. The van der Waals surface area contributed by atoms with E-state index in [-0.39, 0.29) is 24.3 Å². The highest BCUT2D eigenvalue weighted by atomic mass is 19.4. The molecule has 2 N–H and O–H groups in total. The number of carbonyl (C=O) groups excluding carboxylic acids is 1. The highest BCUT2D eigenvalue weighted by Gasteiger charge is 2.28. The summed E-state index contributed by atoms with van der Waals surface area (Å²) in [7, 11) is 0. The zero-order valence-corrected chi connectivity index (χ0v) is 13.4. The van der Waals surface area contributed by atoms with E-state index in [0.717, 1.165) is 12.8 Å². The first-order valence-corrected chi connectivity index (χ1v) is 7.75. The molecule has 1 aliphatic rings. The van der Waals surface area contributed by atoms with E-state index < -0.39 is 12.8 Å². The normalized spacial score (nSPS) is 16.1. The number of urea groups is 1. The number of alkyl halides is 3. The van der Waals surface area contributed by atoms with Crippen LogP contribution in [0.2, 0.25) is 0 Å². The van der Waals surface area contributed by atoms with E-state index in [9.17, 15) is 18.0 Å². The maximum Gasteiger partial charge on any atom is 0.422 e. The summed E-state index contributed by atoms with van der Waals surface area (Å²) >= 11 is 0. The molecule has 134 valence electrons. The fourth-order valence-electron chi connectivity index (χ4n) is 2.57. The lowest BCUT2D eigenvalue weighted by molar-refractivity contribution is -0.153. The number of ether oxygens (including phenoxy) is 1. The van der Waals surface area contributed by atoms with Crippen molar-refractivity contribution in [3.63, 3.8) is 0 Å². The van der Waals surface area contributed by atoms with Crippen molar-refractivity contribution in [3.05, 3.63) is 23.8 Å². The number of piperidine rings is 1. The molecule has 0 spiro atoms. The van der Waals surface area contributed by atoms with Crippen LogP contribution in [0.3, 0.4) is 0 Å². The molecule has 1 aromatic rings. The van der Waals surface area contributed by atoms with Crippen LogP contribution in [0.25, 0.3) is 0 Å². The minimum atomic E-state index is -4.39. The van der Waals surface area contributed by atoms with Gasteiger partial charge in [0.1, 0.15) is 5.75 Å². The molecule has 1 aliphatic heterocycles. The summed E-state index contributed by atoms with van der Waals surface area (Å²) in [6.07, 6.45) is -2.87. The zero-order valence-electron chi connectivity index (χ0n) is 13.4. The minimum Gasteiger partial charge on any atom is -0.484 e. The molecule has 8 heteroatoms. The molecule has 2 rings (SSSR count). The predicted molar refractivity (Wildman–Crippen MR) is 83.1 cm³/mol. The number of carbonyl (C=O) groups is 1. The molecule has 0 atom stereocenters. The molecule has 5 nitrogen and oxygen atoms in total. The van der Waals surface area contributed by atoms with Gasteiger partial charge in [-0.2, -0.15) is 13.2 Å². The molecular formula is C16H21F3N2O3. The number of aliphatic hydroxyl groups excluding tert-OH is 1. The summed E-state index contributed by atoms with van der Waals surface area (Å²) in [4.78, 5) is 13.9. The largest absolute Gasteiger partial charge is 0.484 e. The fourth-order valence-corrected chi connectivity index (χ4v) is 2.57. The number of anilines is 1. The number of nitrogens with one attached hydrogen (secondary N) is 1. The Labute approximate surface area is 138 Å². The number of hydrogen-bond acceptors (Lipinski definition) is 3. The lowest BCUT2D eigenvalue weighted by Gasteiger charge is -2.31. The molecule has 0 aliphatic carbocycles. The molecule has 0 saturated carbocycles. The van der Waals surface area contributed by atoms with Crippen LogP contribution in [-0.4, -0.2) is 48.5 Å². The Morgan fingerprint density at radius 1 is 1.38 bits per heavy atom. The number of rotatable bonds is 4. The van der Waals surface area contributed by atoms with Gasteiger partial charge in [-0.05, 0) is 49.4 Å². The van der Waals surface area contributed by atoms with E-state index >= 15 is 0 Å². The lowest BCUT2D eigenvalue weighted by Crippen LogP contribution is -2.41. The average molecular weight is 346 g/mol. The van der Waals surface area contributed by atoms with Crippen molar-refractivity contribution in [1.29, 1.82) is 0 Å². The Kier molecular flexibility index (Phi) is 5.93. The molecule has 0 aromatic heterocycles. The van der Waals surface area contributed by atoms with Crippen LogP contribution in [0.1, 0.15) is 18.4 Å². The van der Waals surface area contributed by atoms with E-state index in [1.807, 2.05) is 0 Å². The van der Waals surface area contributed by atoms with Gasteiger partial charge in [-0.25, -0.2) is 4.79 Å². The van der Waals surface area contributed by atoms with Crippen molar-refractivity contribution in [2.45, 2.75) is 25.9 Å². The number of aliphatic hydroxyl groups is 1. The molecule has 1 saturated heterocycles. The van der Waals surface area contributed by atoms with E-state index in [2.05, 4.69) is 5.32 Å². The lowest BCUT2D eigenvalue weighted by atomic mass is 9.98. The Morgan fingerprint density at radius 2 is 2.04 bits per heavy atom. The first-order chi connectivity index (χ1) is 11.3. The van der Waals surface area contributed by atoms with Gasteiger partial charge in [-0.1, -0.05) is 0 Å². The van der Waals surface area contributed by atoms with Crippen LogP contribution in [-0.2, 0) is 0 Å². The second kappa shape index (κ2) is 7.74. The van der Waals surface area contributed by atoms with Crippen LogP contribution < -0.4 is 10.1 Å². The minimum absolute atomic E-state index is 0.133. The second-order valence-corrected chi connectivity index (χ2v) is 5.93. The molecule has 1 aromatic carbocycles. The number of benzene rings is 1.